The van der Waals surface area contributed by atoms with Gasteiger partial charge in [-0.2, -0.15) is 0 Å². The van der Waals surface area contributed by atoms with Gasteiger partial charge in [-0.1, -0.05) is 0 Å². The average molecular weight is 225 g/mol. The summed E-state index contributed by atoms with van der Waals surface area (Å²) in [6.07, 6.45) is 5.69. The summed E-state index contributed by atoms with van der Waals surface area (Å²) in [4.78, 5) is 12.0. The lowest BCUT2D eigenvalue weighted by atomic mass is 9.90. The van der Waals surface area contributed by atoms with E-state index in [0.717, 1.165) is 19.4 Å². The minimum absolute atomic E-state index is 0.114. The summed E-state index contributed by atoms with van der Waals surface area (Å²) < 4.78 is 0. The molecule has 16 heavy (non-hydrogen) atoms. The number of rotatable bonds is 4. The van der Waals surface area contributed by atoms with Gasteiger partial charge in [0.25, 0.3) is 0 Å². The van der Waals surface area contributed by atoms with Crippen molar-refractivity contribution in [3.8, 4) is 0 Å². The Hall–Kier alpha value is -0.610. The fourth-order valence-electron chi connectivity index (χ4n) is 2.35. The number of nitrogens with two attached hydrogens (primary N) is 1. The molecule has 0 aromatic heterocycles. The van der Waals surface area contributed by atoms with Gasteiger partial charge >= 0.3 is 0 Å². The lowest BCUT2D eigenvalue weighted by Gasteiger charge is -2.33. The predicted molar refractivity (Wildman–Crippen MR) is 64.0 cm³/mol. The van der Waals surface area contributed by atoms with Crippen LogP contribution in [0.5, 0.6) is 0 Å². The molecule has 0 aromatic carbocycles. The van der Waals surface area contributed by atoms with Gasteiger partial charge < -0.3 is 16.4 Å². The van der Waals surface area contributed by atoms with Crippen LogP contribution in [0.2, 0.25) is 0 Å². The normalized spacial score (nSPS) is 32.1. The molecule has 0 bridgehead atoms. The third kappa shape index (κ3) is 2.74. The second-order valence-electron chi connectivity index (χ2n) is 5.43. The van der Waals surface area contributed by atoms with E-state index < -0.39 is 0 Å². The van der Waals surface area contributed by atoms with E-state index >= 15 is 0 Å². The molecule has 2 rings (SSSR count). The minimum atomic E-state index is -0.373. The quantitative estimate of drug-likeness (QED) is 0.647. The highest BCUT2D eigenvalue weighted by atomic mass is 16.2. The highest BCUT2D eigenvalue weighted by molar-refractivity contribution is 5.86. The van der Waals surface area contributed by atoms with Crippen molar-refractivity contribution in [3.63, 3.8) is 0 Å². The van der Waals surface area contributed by atoms with E-state index in [2.05, 4.69) is 10.6 Å². The Balaban J connectivity index is 1.77. The number of hydrogen-bond donors (Lipinski definition) is 3. The summed E-state index contributed by atoms with van der Waals surface area (Å²) in [5.74, 6) is 0.760. The van der Waals surface area contributed by atoms with Crippen LogP contribution in [0.4, 0.5) is 0 Å². The summed E-state index contributed by atoms with van der Waals surface area (Å²) in [6, 6.07) is 0.149. The highest BCUT2D eigenvalue weighted by Gasteiger charge is 2.35. The number of nitrogens with one attached hydrogen (secondary N) is 2. The molecule has 92 valence electrons. The van der Waals surface area contributed by atoms with Crippen LogP contribution in [0.15, 0.2) is 0 Å². The first-order chi connectivity index (χ1) is 7.62. The Morgan fingerprint density at radius 1 is 1.56 bits per heavy atom. The van der Waals surface area contributed by atoms with E-state index in [1.54, 1.807) is 0 Å². The molecule has 2 unspecified atom stereocenters. The van der Waals surface area contributed by atoms with Crippen LogP contribution in [0.1, 0.15) is 39.0 Å². The largest absolute Gasteiger partial charge is 0.353 e. The van der Waals surface area contributed by atoms with E-state index in [4.69, 9.17) is 5.73 Å². The molecule has 1 amide bonds. The average Bonchev–Trinajstić information content (AvgIpc) is 3.10. The summed E-state index contributed by atoms with van der Waals surface area (Å²) in [5.41, 5.74) is 5.59. The molecule has 0 radical (unpaired) electrons. The first kappa shape index (κ1) is 11.9. The maximum absolute atomic E-state index is 12.0. The SMILES string of the molecule is CC1(C(=O)NCC(N)C2CC2)CCCCN1. The van der Waals surface area contributed by atoms with Gasteiger partial charge in [-0.05, 0) is 51.5 Å². The van der Waals surface area contributed by atoms with Crippen molar-refractivity contribution in [1.82, 2.24) is 10.6 Å². The van der Waals surface area contributed by atoms with E-state index in [9.17, 15) is 4.79 Å². The minimum Gasteiger partial charge on any atom is -0.353 e. The summed E-state index contributed by atoms with van der Waals surface area (Å²) in [7, 11) is 0. The molecule has 4 nitrogen and oxygen atoms in total. The van der Waals surface area contributed by atoms with Crippen LogP contribution in [-0.4, -0.2) is 30.6 Å². The second kappa shape index (κ2) is 4.72. The van der Waals surface area contributed by atoms with Crippen molar-refractivity contribution < 1.29 is 4.79 Å². The molecule has 0 spiro atoms. The van der Waals surface area contributed by atoms with Gasteiger partial charge in [0.05, 0.1) is 5.54 Å². The van der Waals surface area contributed by atoms with E-state index in [0.29, 0.717) is 12.5 Å². The zero-order valence-corrected chi connectivity index (χ0v) is 10.1. The Labute approximate surface area is 97.3 Å². The van der Waals surface area contributed by atoms with Gasteiger partial charge in [0, 0.05) is 12.6 Å². The maximum atomic E-state index is 12.0. The molecule has 1 aliphatic carbocycles. The molecule has 4 heteroatoms. The summed E-state index contributed by atoms with van der Waals surface area (Å²) >= 11 is 0. The Morgan fingerprint density at radius 2 is 2.31 bits per heavy atom. The van der Waals surface area contributed by atoms with Crippen LogP contribution < -0.4 is 16.4 Å². The van der Waals surface area contributed by atoms with Gasteiger partial charge in [0.1, 0.15) is 0 Å². The number of carbonyl (C=O) groups excluding carboxylic acids is 1. The van der Waals surface area contributed by atoms with Crippen molar-refractivity contribution in [1.29, 1.82) is 0 Å². The molecule has 1 saturated heterocycles. The second-order valence-corrected chi connectivity index (χ2v) is 5.43. The number of piperidine rings is 1. The fraction of sp³-hybridized carbons (Fsp3) is 0.917. The molecule has 2 atom stereocenters. The monoisotopic (exact) mass is 225 g/mol. The van der Waals surface area contributed by atoms with Crippen LogP contribution in [0, 0.1) is 5.92 Å². The van der Waals surface area contributed by atoms with Crippen LogP contribution >= 0.6 is 0 Å². The Bertz CT molecular complexity index is 257. The van der Waals surface area contributed by atoms with Crippen LogP contribution in [-0.2, 0) is 4.79 Å². The van der Waals surface area contributed by atoms with Crippen molar-refractivity contribution in [2.75, 3.05) is 13.1 Å². The summed E-state index contributed by atoms with van der Waals surface area (Å²) in [6.45, 7) is 3.56. The van der Waals surface area contributed by atoms with E-state index in [1.807, 2.05) is 6.92 Å². The Kier molecular flexibility index (Phi) is 3.50. The van der Waals surface area contributed by atoms with Crippen molar-refractivity contribution >= 4 is 5.91 Å². The first-order valence-corrected chi connectivity index (χ1v) is 6.41. The molecule has 1 aliphatic heterocycles. The van der Waals surface area contributed by atoms with Crippen molar-refractivity contribution in [3.05, 3.63) is 0 Å². The molecule has 1 saturated carbocycles. The fourth-order valence-corrected chi connectivity index (χ4v) is 2.35. The maximum Gasteiger partial charge on any atom is 0.240 e. The predicted octanol–water partition coefficient (Wildman–Crippen LogP) is 0.372. The molecule has 2 fully saturated rings. The van der Waals surface area contributed by atoms with Crippen molar-refractivity contribution in [2.24, 2.45) is 11.7 Å². The smallest absolute Gasteiger partial charge is 0.240 e. The number of hydrogen-bond acceptors (Lipinski definition) is 3. The molecule has 0 aromatic rings. The van der Waals surface area contributed by atoms with Gasteiger partial charge in [-0.15, -0.1) is 0 Å². The lowest BCUT2D eigenvalue weighted by Crippen LogP contribution is -2.58. The third-order valence-electron chi connectivity index (χ3n) is 3.85. The van der Waals surface area contributed by atoms with Gasteiger partial charge in [0.15, 0.2) is 0 Å². The first-order valence-electron chi connectivity index (χ1n) is 6.41. The van der Waals surface area contributed by atoms with Gasteiger partial charge in [-0.25, -0.2) is 0 Å². The highest BCUT2D eigenvalue weighted by Crippen LogP contribution is 2.31. The molecular formula is C12H23N3O. The standard InChI is InChI=1S/C12H23N3O/c1-12(6-2-3-7-15-12)11(16)14-8-10(13)9-4-5-9/h9-10,15H,2-8,13H2,1H3,(H,14,16). The third-order valence-corrected chi connectivity index (χ3v) is 3.85. The molecule has 1 heterocycles. The van der Waals surface area contributed by atoms with E-state index in [-0.39, 0.29) is 17.5 Å². The number of amides is 1. The zero-order chi connectivity index (χ0) is 11.6. The van der Waals surface area contributed by atoms with E-state index in [1.165, 1.54) is 19.3 Å². The Morgan fingerprint density at radius 3 is 2.88 bits per heavy atom. The molecule has 4 N–H and O–H groups in total. The number of carbonyl (C=O) groups is 1. The molecular weight excluding hydrogens is 202 g/mol. The summed E-state index contributed by atoms with van der Waals surface area (Å²) in [5, 5.41) is 6.30. The molecule has 2 aliphatic rings. The lowest BCUT2D eigenvalue weighted by molar-refractivity contribution is -0.128. The van der Waals surface area contributed by atoms with Gasteiger partial charge in [-0.3, -0.25) is 4.79 Å². The van der Waals surface area contributed by atoms with Gasteiger partial charge in [0.2, 0.25) is 5.91 Å². The van der Waals surface area contributed by atoms with Crippen LogP contribution in [0.25, 0.3) is 0 Å². The van der Waals surface area contributed by atoms with Crippen molar-refractivity contribution in [2.45, 2.75) is 50.6 Å². The topological polar surface area (TPSA) is 67.2 Å². The zero-order valence-electron chi connectivity index (χ0n) is 10.1. The van der Waals surface area contributed by atoms with Crippen LogP contribution in [0.3, 0.4) is 0 Å².